The van der Waals surface area contributed by atoms with Gasteiger partial charge in [0.25, 0.3) is 5.91 Å². The first-order valence-electron chi connectivity index (χ1n) is 8.50. The van der Waals surface area contributed by atoms with Crippen LogP contribution in [0.2, 0.25) is 0 Å². The molecule has 0 radical (unpaired) electrons. The molecule has 1 aromatic rings. The van der Waals surface area contributed by atoms with Gasteiger partial charge in [-0.1, -0.05) is 12.8 Å². The number of hydrogen-bond acceptors (Lipinski definition) is 8. The summed E-state index contributed by atoms with van der Waals surface area (Å²) in [4.78, 5) is 53.6. The van der Waals surface area contributed by atoms with Crippen LogP contribution in [0.1, 0.15) is 42.3 Å². The van der Waals surface area contributed by atoms with Crippen LogP contribution in [0.3, 0.4) is 0 Å². The third kappa shape index (κ3) is 3.68. The number of thiazole rings is 1. The van der Waals surface area contributed by atoms with Crippen LogP contribution in [0.4, 0.5) is 4.79 Å². The highest BCUT2D eigenvalue weighted by Crippen LogP contribution is 2.34. The summed E-state index contributed by atoms with van der Waals surface area (Å²) in [6.07, 6.45) is 2.78. The molecule has 9 nitrogen and oxygen atoms in total. The van der Waals surface area contributed by atoms with Gasteiger partial charge in [-0.25, -0.2) is 9.78 Å². The molecule has 2 fully saturated rings. The Morgan fingerprint density at radius 2 is 2.15 bits per heavy atom. The highest BCUT2D eigenvalue weighted by molar-refractivity contribution is 7.09. The number of nitriles is 1. The summed E-state index contributed by atoms with van der Waals surface area (Å²) in [6.45, 7) is 0.561. The van der Waals surface area contributed by atoms with Gasteiger partial charge in [0.2, 0.25) is 0 Å². The van der Waals surface area contributed by atoms with Crippen molar-refractivity contribution in [1.82, 2.24) is 15.2 Å². The van der Waals surface area contributed by atoms with Gasteiger partial charge in [0.15, 0.2) is 18.3 Å². The number of aromatic nitrogens is 1. The number of nitrogens with zero attached hydrogens (tertiary/aromatic N) is 3. The molecule has 1 N–H and O–H groups in total. The summed E-state index contributed by atoms with van der Waals surface area (Å²) in [5, 5.41) is 13.9. The van der Waals surface area contributed by atoms with Crippen molar-refractivity contribution in [2.45, 2.75) is 44.1 Å². The number of carbonyl (C=O) groups is 4. The molecule has 0 unspecified atom stereocenters. The van der Waals surface area contributed by atoms with Gasteiger partial charge in [0, 0.05) is 11.1 Å². The fourth-order valence-corrected chi connectivity index (χ4v) is 4.18. The zero-order valence-corrected chi connectivity index (χ0v) is 15.5. The topological polar surface area (TPSA) is 129 Å². The van der Waals surface area contributed by atoms with Crippen molar-refractivity contribution in [3.8, 4) is 6.07 Å². The predicted molar refractivity (Wildman–Crippen MR) is 92.6 cm³/mol. The second kappa shape index (κ2) is 7.44. The number of amides is 3. The summed E-state index contributed by atoms with van der Waals surface area (Å²) >= 11 is 1.18. The van der Waals surface area contributed by atoms with Crippen molar-refractivity contribution >= 4 is 35.0 Å². The minimum absolute atomic E-state index is 0.341. The molecule has 1 aromatic heterocycles. The molecular weight excluding hydrogens is 372 g/mol. The van der Waals surface area contributed by atoms with Crippen LogP contribution < -0.4 is 5.32 Å². The number of hydrogen-bond donors (Lipinski definition) is 1. The Morgan fingerprint density at radius 1 is 1.44 bits per heavy atom. The Morgan fingerprint density at radius 3 is 2.74 bits per heavy atom. The minimum atomic E-state index is -1.12. The molecule has 1 saturated carbocycles. The molecule has 3 amide bonds. The Hall–Kier alpha value is -2.80. The molecule has 1 saturated heterocycles. The number of ketones is 1. The fraction of sp³-hybridized carbons (Fsp3) is 0.529. The molecule has 2 heterocycles. The number of Topliss-reactive ketones (excluding diaryl/α,β-unsaturated/α-hetero) is 1. The van der Waals surface area contributed by atoms with Crippen LogP contribution in [0.25, 0.3) is 0 Å². The number of nitrogens with one attached hydrogen (secondary N) is 1. The maximum absolute atomic E-state index is 12.5. The molecule has 3 rings (SSSR count). The van der Waals surface area contributed by atoms with Crippen LogP contribution in [0.5, 0.6) is 0 Å². The molecule has 27 heavy (non-hydrogen) atoms. The molecule has 1 aliphatic heterocycles. The first-order chi connectivity index (χ1) is 12.9. The van der Waals surface area contributed by atoms with Crippen molar-refractivity contribution in [2.75, 3.05) is 13.2 Å². The molecular formula is C17H18N4O5S. The number of carbonyl (C=O) groups excluding carboxylic acids is 4. The SMILES string of the molecule is Cc1csc([C@@H](C#N)C(=O)COC(=O)CN2C(=O)NC3(CCCC3)C2=O)n1. The third-order valence-electron chi connectivity index (χ3n) is 4.70. The van der Waals surface area contributed by atoms with E-state index in [9.17, 15) is 24.4 Å². The van der Waals surface area contributed by atoms with Gasteiger partial charge in [-0.3, -0.25) is 19.3 Å². The Balaban J connectivity index is 1.55. The van der Waals surface area contributed by atoms with Gasteiger partial charge < -0.3 is 10.1 Å². The molecule has 142 valence electrons. The number of aryl methyl sites for hydroxylation is 1. The van der Waals surface area contributed by atoms with Crippen molar-refractivity contribution in [3.63, 3.8) is 0 Å². The van der Waals surface area contributed by atoms with Crippen LogP contribution in [-0.4, -0.2) is 52.3 Å². The summed E-state index contributed by atoms with van der Waals surface area (Å²) < 4.78 is 4.89. The summed E-state index contributed by atoms with van der Waals surface area (Å²) in [6, 6.07) is 1.23. The maximum Gasteiger partial charge on any atom is 0.326 e. The van der Waals surface area contributed by atoms with E-state index in [1.54, 1.807) is 12.3 Å². The average molecular weight is 390 g/mol. The zero-order valence-electron chi connectivity index (χ0n) is 14.7. The lowest BCUT2D eigenvalue weighted by atomic mass is 9.98. The normalized spacial score (nSPS) is 19.0. The van der Waals surface area contributed by atoms with Gasteiger partial charge in [-0.05, 0) is 19.8 Å². The number of ether oxygens (including phenoxy) is 1. The van der Waals surface area contributed by atoms with Gasteiger partial charge in [-0.2, -0.15) is 5.26 Å². The van der Waals surface area contributed by atoms with Gasteiger partial charge in [-0.15, -0.1) is 11.3 Å². The lowest BCUT2D eigenvalue weighted by Gasteiger charge is -2.19. The van der Waals surface area contributed by atoms with E-state index in [0.29, 0.717) is 23.5 Å². The van der Waals surface area contributed by atoms with E-state index in [0.717, 1.165) is 17.7 Å². The van der Waals surface area contributed by atoms with Crippen molar-refractivity contribution in [2.24, 2.45) is 0 Å². The van der Waals surface area contributed by atoms with E-state index in [1.807, 2.05) is 6.07 Å². The van der Waals surface area contributed by atoms with E-state index in [4.69, 9.17) is 4.74 Å². The van der Waals surface area contributed by atoms with Crippen molar-refractivity contribution < 1.29 is 23.9 Å². The monoisotopic (exact) mass is 390 g/mol. The molecule has 1 atom stereocenters. The van der Waals surface area contributed by atoms with E-state index in [1.165, 1.54) is 11.3 Å². The first-order valence-corrected chi connectivity index (χ1v) is 9.38. The molecule has 10 heteroatoms. The Bertz CT molecular complexity index is 837. The number of urea groups is 1. The standard InChI is InChI=1S/C17H18N4O5S/c1-10-9-27-14(19-10)11(6-18)12(22)8-26-13(23)7-21-15(24)17(20-16(21)25)4-2-3-5-17/h9,11H,2-5,7-8H2,1H3,(H,20,25)/t11-/m0/s1. The average Bonchev–Trinajstić information content (AvgIpc) is 3.32. The van der Waals surface area contributed by atoms with Gasteiger partial charge >= 0.3 is 12.0 Å². The third-order valence-corrected chi connectivity index (χ3v) is 5.73. The highest BCUT2D eigenvalue weighted by Gasteiger charge is 2.52. The maximum atomic E-state index is 12.5. The van der Waals surface area contributed by atoms with Crippen LogP contribution in [0.15, 0.2) is 5.38 Å². The van der Waals surface area contributed by atoms with Crippen molar-refractivity contribution in [3.05, 3.63) is 16.1 Å². The number of imide groups is 1. The second-order valence-corrected chi connectivity index (χ2v) is 7.52. The second-order valence-electron chi connectivity index (χ2n) is 6.63. The van der Waals surface area contributed by atoms with Crippen molar-refractivity contribution in [1.29, 1.82) is 5.26 Å². The molecule has 1 spiro atoms. The zero-order chi connectivity index (χ0) is 19.6. The molecule has 1 aliphatic carbocycles. The summed E-state index contributed by atoms with van der Waals surface area (Å²) in [5.74, 6) is -3.03. The van der Waals surface area contributed by atoms with Crippen LogP contribution >= 0.6 is 11.3 Å². The predicted octanol–water partition coefficient (Wildman–Crippen LogP) is 1.04. The Labute approximate surface area is 159 Å². The van der Waals surface area contributed by atoms with E-state index in [-0.39, 0.29) is 0 Å². The highest BCUT2D eigenvalue weighted by atomic mass is 32.1. The molecule has 2 aliphatic rings. The minimum Gasteiger partial charge on any atom is -0.456 e. The van der Waals surface area contributed by atoms with E-state index in [2.05, 4.69) is 10.3 Å². The van der Waals surface area contributed by atoms with Crippen LogP contribution in [0, 0.1) is 18.3 Å². The first kappa shape index (κ1) is 19.0. The lowest BCUT2D eigenvalue weighted by Crippen LogP contribution is -2.44. The number of esters is 1. The fourth-order valence-electron chi connectivity index (χ4n) is 3.32. The van der Waals surface area contributed by atoms with Gasteiger partial charge in [0.1, 0.15) is 17.1 Å². The lowest BCUT2D eigenvalue weighted by molar-refractivity contribution is -0.150. The van der Waals surface area contributed by atoms with E-state index < -0.39 is 48.3 Å². The largest absolute Gasteiger partial charge is 0.456 e. The van der Waals surface area contributed by atoms with Crippen LogP contribution in [-0.2, 0) is 19.1 Å². The molecule has 0 bridgehead atoms. The summed E-state index contributed by atoms with van der Waals surface area (Å²) in [7, 11) is 0. The number of rotatable bonds is 6. The van der Waals surface area contributed by atoms with E-state index >= 15 is 0 Å². The van der Waals surface area contributed by atoms with Gasteiger partial charge in [0.05, 0.1) is 6.07 Å². The quantitative estimate of drug-likeness (QED) is 0.567. The Kier molecular flexibility index (Phi) is 5.23. The summed E-state index contributed by atoms with van der Waals surface area (Å²) in [5.41, 5.74) is -0.207. The molecule has 0 aromatic carbocycles. The smallest absolute Gasteiger partial charge is 0.326 e.